The van der Waals surface area contributed by atoms with Crippen LogP contribution in [-0.4, -0.2) is 17.9 Å². The number of benzene rings is 3. The predicted molar refractivity (Wildman–Crippen MR) is 139 cm³/mol. The van der Waals surface area contributed by atoms with Crippen LogP contribution in [0.25, 0.3) is 11.3 Å². The van der Waals surface area contributed by atoms with E-state index in [0.29, 0.717) is 44.1 Å². The molecule has 0 aliphatic heterocycles. The molecule has 0 radical (unpaired) electrons. The maximum Gasteiger partial charge on any atom is 0.340 e. The second kappa shape index (κ2) is 11.5. The normalized spacial score (nSPS) is 10.9. The molecule has 36 heavy (non-hydrogen) atoms. The fourth-order valence-corrected chi connectivity index (χ4v) is 4.25. The number of rotatable bonds is 9. The standard InChI is InChI=1S/C28H25Cl2NO5/c1-17(2)27-21(26(31-36-27)25-22(29)10-7-11-23(25)30)15-33-20-12-13-24(18(3)14-20)34-16-35-28(32)19-8-5-4-6-9-19/h4-14,17H,15-16H2,1-3H3. The number of ether oxygens (including phenoxy) is 3. The molecular weight excluding hydrogens is 501 g/mol. The lowest BCUT2D eigenvalue weighted by Crippen LogP contribution is -2.11. The van der Waals surface area contributed by atoms with Crippen LogP contribution in [0.5, 0.6) is 11.5 Å². The summed E-state index contributed by atoms with van der Waals surface area (Å²) in [6.07, 6.45) is 0. The van der Waals surface area contributed by atoms with Crippen molar-refractivity contribution in [1.29, 1.82) is 0 Å². The Balaban J connectivity index is 1.44. The molecule has 0 amide bonds. The molecule has 0 unspecified atom stereocenters. The molecule has 0 saturated carbocycles. The maximum atomic E-state index is 12.1. The quantitative estimate of drug-likeness (QED) is 0.163. The summed E-state index contributed by atoms with van der Waals surface area (Å²) in [6.45, 7) is 5.93. The Labute approximate surface area is 219 Å². The van der Waals surface area contributed by atoms with E-state index < -0.39 is 5.97 Å². The summed E-state index contributed by atoms with van der Waals surface area (Å²) in [5.74, 6) is 1.56. The van der Waals surface area contributed by atoms with E-state index in [-0.39, 0.29) is 19.3 Å². The zero-order chi connectivity index (χ0) is 25.7. The van der Waals surface area contributed by atoms with Gasteiger partial charge < -0.3 is 18.7 Å². The largest absolute Gasteiger partial charge is 0.489 e. The summed E-state index contributed by atoms with van der Waals surface area (Å²) in [6, 6.07) is 19.5. The molecule has 0 saturated heterocycles. The van der Waals surface area contributed by atoms with E-state index in [4.69, 9.17) is 41.9 Å². The van der Waals surface area contributed by atoms with Gasteiger partial charge in [-0.3, -0.25) is 0 Å². The van der Waals surface area contributed by atoms with Gasteiger partial charge in [-0.05, 0) is 55.0 Å². The van der Waals surface area contributed by atoms with Crippen molar-refractivity contribution in [3.05, 3.63) is 99.2 Å². The number of esters is 1. The van der Waals surface area contributed by atoms with Crippen LogP contribution < -0.4 is 9.47 Å². The highest BCUT2D eigenvalue weighted by Crippen LogP contribution is 2.39. The molecule has 8 heteroatoms. The van der Waals surface area contributed by atoms with E-state index in [1.165, 1.54) is 0 Å². The number of hydrogen-bond donors (Lipinski definition) is 0. The number of carbonyl (C=O) groups excluding carboxylic acids is 1. The van der Waals surface area contributed by atoms with Gasteiger partial charge >= 0.3 is 5.97 Å². The van der Waals surface area contributed by atoms with Crippen LogP contribution in [0.1, 0.15) is 47.0 Å². The smallest absolute Gasteiger partial charge is 0.340 e. The first-order valence-electron chi connectivity index (χ1n) is 11.4. The predicted octanol–water partition coefficient (Wildman–Crippen LogP) is 7.85. The summed E-state index contributed by atoms with van der Waals surface area (Å²) >= 11 is 12.8. The van der Waals surface area contributed by atoms with Crippen molar-refractivity contribution in [2.45, 2.75) is 33.3 Å². The van der Waals surface area contributed by atoms with Gasteiger partial charge in [0, 0.05) is 11.5 Å². The maximum absolute atomic E-state index is 12.1. The van der Waals surface area contributed by atoms with Gasteiger partial charge in [-0.2, -0.15) is 0 Å². The van der Waals surface area contributed by atoms with Crippen molar-refractivity contribution < 1.29 is 23.5 Å². The van der Waals surface area contributed by atoms with Crippen LogP contribution in [0, 0.1) is 6.92 Å². The van der Waals surface area contributed by atoms with E-state index in [1.54, 1.807) is 54.6 Å². The monoisotopic (exact) mass is 525 g/mol. The zero-order valence-corrected chi connectivity index (χ0v) is 21.6. The van der Waals surface area contributed by atoms with Gasteiger partial charge in [0.25, 0.3) is 0 Å². The Bertz CT molecular complexity index is 1330. The fourth-order valence-electron chi connectivity index (χ4n) is 3.67. The number of halogens is 2. The molecule has 1 aromatic heterocycles. The highest BCUT2D eigenvalue weighted by Gasteiger charge is 2.24. The molecule has 0 atom stereocenters. The van der Waals surface area contributed by atoms with E-state index in [1.807, 2.05) is 32.9 Å². The molecule has 0 aliphatic carbocycles. The molecular formula is C28H25Cl2NO5. The summed E-state index contributed by atoms with van der Waals surface area (Å²) in [4.78, 5) is 12.1. The zero-order valence-electron chi connectivity index (χ0n) is 20.1. The van der Waals surface area contributed by atoms with Crippen LogP contribution in [-0.2, 0) is 11.3 Å². The van der Waals surface area contributed by atoms with E-state index in [9.17, 15) is 4.79 Å². The van der Waals surface area contributed by atoms with E-state index >= 15 is 0 Å². The van der Waals surface area contributed by atoms with Gasteiger partial charge in [-0.15, -0.1) is 0 Å². The lowest BCUT2D eigenvalue weighted by Gasteiger charge is -2.13. The van der Waals surface area contributed by atoms with Crippen LogP contribution >= 0.6 is 23.2 Å². The molecule has 6 nitrogen and oxygen atoms in total. The highest BCUT2D eigenvalue weighted by molar-refractivity contribution is 6.39. The number of hydrogen-bond acceptors (Lipinski definition) is 6. The van der Waals surface area contributed by atoms with Gasteiger partial charge in [0.1, 0.15) is 29.6 Å². The van der Waals surface area contributed by atoms with Crippen LogP contribution in [0.2, 0.25) is 10.0 Å². The van der Waals surface area contributed by atoms with Gasteiger partial charge in [-0.1, -0.05) is 66.5 Å². The first kappa shape index (κ1) is 25.6. The third-order valence-corrected chi connectivity index (χ3v) is 6.12. The number of aromatic nitrogens is 1. The van der Waals surface area contributed by atoms with Crippen molar-refractivity contribution in [1.82, 2.24) is 5.16 Å². The van der Waals surface area contributed by atoms with Crippen molar-refractivity contribution in [3.63, 3.8) is 0 Å². The Hall–Kier alpha value is -3.48. The Morgan fingerprint density at radius 1 is 0.972 bits per heavy atom. The summed E-state index contributed by atoms with van der Waals surface area (Å²) in [5.41, 5.74) is 3.25. The molecule has 0 fully saturated rings. The average molecular weight is 526 g/mol. The molecule has 1 heterocycles. The minimum atomic E-state index is -0.447. The Kier molecular flexibility index (Phi) is 8.18. The third kappa shape index (κ3) is 5.83. The van der Waals surface area contributed by atoms with Crippen LogP contribution in [0.3, 0.4) is 0 Å². The van der Waals surface area contributed by atoms with E-state index in [0.717, 1.165) is 11.1 Å². The summed E-state index contributed by atoms with van der Waals surface area (Å²) in [5, 5.41) is 5.23. The summed E-state index contributed by atoms with van der Waals surface area (Å²) in [7, 11) is 0. The van der Waals surface area contributed by atoms with Gasteiger partial charge in [0.05, 0.1) is 21.2 Å². The fraction of sp³-hybridized carbons (Fsp3) is 0.214. The van der Waals surface area contributed by atoms with Gasteiger partial charge in [-0.25, -0.2) is 4.79 Å². The summed E-state index contributed by atoms with van der Waals surface area (Å²) < 4.78 is 22.6. The number of aryl methyl sites for hydroxylation is 1. The molecule has 0 aliphatic rings. The molecule has 0 bridgehead atoms. The molecule has 0 N–H and O–H groups in total. The van der Waals surface area contributed by atoms with Crippen molar-refractivity contribution in [2.75, 3.05) is 6.79 Å². The SMILES string of the molecule is Cc1cc(OCc2c(-c3c(Cl)cccc3Cl)noc2C(C)C)ccc1OCOC(=O)c1ccccc1. The lowest BCUT2D eigenvalue weighted by atomic mass is 10.0. The number of carbonyl (C=O) groups is 1. The Morgan fingerprint density at radius 2 is 1.69 bits per heavy atom. The highest BCUT2D eigenvalue weighted by atomic mass is 35.5. The minimum Gasteiger partial charge on any atom is -0.489 e. The molecule has 0 spiro atoms. The lowest BCUT2D eigenvalue weighted by molar-refractivity contribution is 0.0152. The first-order valence-corrected chi connectivity index (χ1v) is 12.1. The minimum absolute atomic E-state index is 0.0854. The van der Waals surface area contributed by atoms with E-state index in [2.05, 4.69) is 5.16 Å². The van der Waals surface area contributed by atoms with Crippen molar-refractivity contribution >= 4 is 29.2 Å². The number of nitrogens with zero attached hydrogens (tertiary/aromatic N) is 1. The topological polar surface area (TPSA) is 70.8 Å². The molecule has 3 aromatic carbocycles. The average Bonchev–Trinajstić information content (AvgIpc) is 3.28. The third-order valence-electron chi connectivity index (χ3n) is 5.49. The first-order chi connectivity index (χ1) is 17.3. The second-order valence-electron chi connectivity index (χ2n) is 8.40. The van der Waals surface area contributed by atoms with Crippen molar-refractivity contribution in [2.24, 2.45) is 0 Å². The van der Waals surface area contributed by atoms with Gasteiger partial charge in [0.15, 0.2) is 0 Å². The van der Waals surface area contributed by atoms with Crippen LogP contribution in [0.4, 0.5) is 0 Å². The molecule has 4 aromatic rings. The molecule has 4 rings (SSSR count). The Morgan fingerprint density at radius 3 is 2.36 bits per heavy atom. The molecule has 186 valence electrons. The van der Waals surface area contributed by atoms with Crippen LogP contribution in [0.15, 0.2) is 71.3 Å². The second-order valence-corrected chi connectivity index (χ2v) is 9.22. The van der Waals surface area contributed by atoms with Gasteiger partial charge in [0.2, 0.25) is 6.79 Å². The van der Waals surface area contributed by atoms with Crippen molar-refractivity contribution in [3.8, 4) is 22.8 Å².